The maximum atomic E-state index is 12.1. The van der Waals surface area contributed by atoms with E-state index in [1.807, 2.05) is 30.3 Å². The Morgan fingerprint density at radius 2 is 2.05 bits per heavy atom. The van der Waals surface area contributed by atoms with Crippen molar-refractivity contribution in [3.8, 4) is 0 Å². The number of aryl methyl sites for hydroxylation is 1. The van der Waals surface area contributed by atoms with Gasteiger partial charge in [0.15, 0.2) is 5.82 Å². The van der Waals surface area contributed by atoms with E-state index >= 15 is 0 Å². The maximum absolute atomic E-state index is 12.1. The van der Waals surface area contributed by atoms with Crippen molar-refractivity contribution in [1.29, 1.82) is 0 Å². The first-order valence-electron chi connectivity index (χ1n) is 6.13. The fourth-order valence-electron chi connectivity index (χ4n) is 1.90. The summed E-state index contributed by atoms with van der Waals surface area (Å²) in [6, 6.07) is 11.1. The Morgan fingerprint density at radius 3 is 2.80 bits per heavy atom. The van der Waals surface area contributed by atoms with Crippen LogP contribution in [0.15, 0.2) is 36.4 Å². The number of carbonyl (C=O) groups excluding carboxylic acids is 1. The van der Waals surface area contributed by atoms with E-state index in [9.17, 15) is 4.79 Å². The SMILES string of the molecule is Cc1[nH]nc(NC(=O)c2ccc3ccccc3n2)c1N. The Kier molecular flexibility index (Phi) is 2.83. The molecule has 1 amide bonds. The van der Waals surface area contributed by atoms with Crippen molar-refractivity contribution in [3.05, 3.63) is 47.8 Å². The van der Waals surface area contributed by atoms with Crippen LogP contribution in [-0.4, -0.2) is 21.1 Å². The number of aromatic nitrogens is 3. The zero-order valence-corrected chi connectivity index (χ0v) is 10.8. The van der Waals surface area contributed by atoms with Gasteiger partial charge >= 0.3 is 0 Å². The summed E-state index contributed by atoms with van der Waals surface area (Å²) in [7, 11) is 0. The predicted molar refractivity (Wildman–Crippen MR) is 77.4 cm³/mol. The molecular formula is C14H13N5O. The lowest BCUT2D eigenvalue weighted by Gasteiger charge is -2.04. The number of nitrogen functional groups attached to an aromatic ring is 1. The summed E-state index contributed by atoms with van der Waals surface area (Å²) in [5.41, 5.74) is 8.03. The number of hydrogen-bond acceptors (Lipinski definition) is 4. The number of benzene rings is 1. The third-order valence-electron chi connectivity index (χ3n) is 3.06. The fourth-order valence-corrected chi connectivity index (χ4v) is 1.90. The molecule has 0 atom stereocenters. The van der Waals surface area contributed by atoms with E-state index in [-0.39, 0.29) is 5.91 Å². The Bertz CT molecular complexity index is 793. The quantitative estimate of drug-likeness (QED) is 0.662. The van der Waals surface area contributed by atoms with Crippen LogP contribution in [-0.2, 0) is 0 Å². The summed E-state index contributed by atoms with van der Waals surface area (Å²) in [6.07, 6.45) is 0. The summed E-state index contributed by atoms with van der Waals surface area (Å²) in [6.45, 7) is 1.78. The van der Waals surface area contributed by atoms with E-state index < -0.39 is 0 Å². The molecule has 2 heterocycles. The van der Waals surface area contributed by atoms with Crippen molar-refractivity contribution >= 4 is 28.3 Å². The highest BCUT2D eigenvalue weighted by atomic mass is 16.2. The van der Waals surface area contributed by atoms with Gasteiger partial charge < -0.3 is 11.1 Å². The monoisotopic (exact) mass is 267 g/mol. The molecule has 6 heteroatoms. The molecule has 0 aliphatic rings. The second kappa shape index (κ2) is 4.65. The molecule has 0 aliphatic heterocycles. The minimum Gasteiger partial charge on any atom is -0.394 e. The molecular weight excluding hydrogens is 254 g/mol. The van der Waals surface area contributed by atoms with E-state index in [0.29, 0.717) is 22.9 Å². The lowest BCUT2D eigenvalue weighted by molar-refractivity contribution is 0.102. The summed E-state index contributed by atoms with van der Waals surface area (Å²) in [5.74, 6) is -0.0172. The standard InChI is InChI=1S/C14H13N5O/c1-8-12(15)13(19-18-8)17-14(20)11-7-6-9-4-2-3-5-10(9)16-11/h2-7H,15H2,1H3,(H2,17,18,19,20). The maximum Gasteiger partial charge on any atom is 0.275 e. The number of nitrogens with two attached hydrogens (primary N) is 1. The number of amides is 1. The normalized spacial score (nSPS) is 10.7. The fraction of sp³-hybridized carbons (Fsp3) is 0.0714. The zero-order chi connectivity index (χ0) is 14.1. The number of para-hydroxylation sites is 1. The topological polar surface area (TPSA) is 96.7 Å². The predicted octanol–water partition coefficient (Wildman–Crippen LogP) is 2.10. The molecule has 0 unspecified atom stereocenters. The molecule has 20 heavy (non-hydrogen) atoms. The number of anilines is 2. The highest BCUT2D eigenvalue weighted by Gasteiger charge is 2.13. The van der Waals surface area contributed by atoms with Crippen LogP contribution in [0, 0.1) is 6.92 Å². The summed E-state index contributed by atoms with van der Waals surface area (Å²) < 4.78 is 0. The first-order chi connectivity index (χ1) is 9.65. The smallest absolute Gasteiger partial charge is 0.275 e. The van der Waals surface area contributed by atoms with Gasteiger partial charge in [0.2, 0.25) is 0 Å². The molecule has 0 saturated carbocycles. The highest BCUT2D eigenvalue weighted by Crippen LogP contribution is 2.19. The van der Waals surface area contributed by atoms with Crippen LogP contribution in [0.5, 0.6) is 0 Å². The van der Waals surface area contributed by atoms with Crippen LogP contribution >= 0.6 is 0 Å². The van der Waals surface area contributed by atoms with Gasteiger partial charge in [-0.2, -0.15) is 5.10 Å². The van der Waals surface area contributed by atoms with Gasteiger partial charge in [-0.1, -0.05) is 24.3 Å². The van der Waals surface area contributed by atoms with Gasteiger partial charge in [0.1, 0.15) is 5.69 Å². The zero-order valence-electron chi connectivity index (χ0n) is 10.8. The largest absolute Gasteiger partial charge is 0.394 e. The number of aromatic amines is 1. The van der Waals surface area contributed by atoms with Gasteiger partial charge in [-0.3, -0.25) is 9.89 Å². The van der Waals surface area contributed by atoms with Crippen LogP contribution in [0.25, 0.3) is 10.9 Å². The second-order valence-corrected chi connectivity index (χ2v) is 4.45. The molecule has 0 fully saturated rings. The van der Waals surface area contributed by atoms with Crippen molar-refractivity contribution in [2.75, 3.05) is 11.1 Å². The van der Waals surface area contributed by atoms with E-state index in [1.165, 1.54) is 0 Å². The molecule has 3 rings (SSSR count). The molecule has 6 nitrogen and oxygen atoms in total. The van der Waals surface area contributed by atoms with Gasteiger partial charge in [-0.15, -0.1) is 0 Å². The molecule has 4 N–H and O–H groups in total. The number of nitrogens with zero attached hydrogens (tertiary/aromatic N) is 2. The van der Waals surface area contributed by atoms with Gasteiger partial charge in [-0.05, 0) is 19.1 Å². The number of hydrogen-bond donors (Lipinski definition) is 3. The highest BCUT2D eigenvalue weighted by molar-refractivity contribution is 6.04. The van der Waals surface area contributed by atoms with Gasteiger partial charge in [0, 0.05) is 5.39 Å². The summed E-state index contributed by atoms with van der Waals surface area (Å²) >= 11 is 0. The number of nitrogens with one attached hydrogen (secondary N) is 2. The van der Waals surface area contributed by atoms with E-state index in [2.05, 4.69) is 20.5 Å². The minimum absolute atomic E-state index is 0.322. The molecule has 2 aromatic heterocycles. The van der Waals surface area contributed by atoms with E-state index in [1.54, 1.807) is 13.0 Å². The van der Waals surface area contributed by atoms with E-state index in [0.717, 1.165) is 10.9 Å². The van der Waals surface area contributed by atoms with Crippen molar-refractivity contribution < 1.29 is 4.79 Å². The van der Waals surface area contributed by atoms with Crippen LogP contribution in [0.3, 0.4) is 0 Å². The molecule has 0 spiro atoms. The summed E-state index contributed by atoms with van der Waals surface area (Å²) in [5, 5.41) is 10.3. The van der Waals surface area contributed by atoms with Crippen LogP contribution in [0.1, 0.15) is 16.2 Å². The minimum atomic E-state index is -0.339. The Hall–Kier alpha value is -2.89. The lowest BCUT2D eigenvalue weighted by atomic mass is 10.2. The van der Waals surface area contributed by atoms with E-state index in [4.69, 9.17) is 5.73 Å². The molecule has 0 saturated heterocycles. The van der Waals surface area contributed by atoms with Crippen molar-refractivity contribution in [1.82, 2.24) is 15.2 Å². The molecule has 0 aliphatic carbocycles. The van der Waals surface area contributed by atoms with Crippen molar-refractivity contribution in [2.45, 2.75) is 6.92 Å². The van der Waals surface area contributed by atoms with Gasteiger partial charge in [-0.25, -0.2) is 4.98 Å². The molecule has 0 radical (unpaired) electrons. The molecule has 0 bridgehead atoms. The Balaban J connectivity index is 1.90. The average Bonchev–Trinajstić information content (AvgIpc) is 2.78. The van der Waals surface area contributed by atoms with Crippen LogP contribution < -0.4 is 11.1 Å². The molecule has 3 aromatic rings. The number of fused-ring (bicyclic) bond motifs is 1. The number of H-pyrrole nitrogens is 1. The van der Waals surface area contributed by atoms with Crippen molar-refractivity contribution in [3.63, 3.8) is 0 Å². The van der Waals surface area contributed by atoms with Crippen LogP contribution in [0.4, 0.5) is 11.5 Å². The first-order valence-corrected chi connectivity index (χ1v) is 6.13. The molecule has 100 valence electrons. The second-order valence-electron chi connectivity index (χ2n) is 4.45. The Morgan fingerprint density at radius 1 is 1.25 bits per heavy atom. The lowest BCUT2D eigenvalue weighted by Crippen LogP contribution is -2.14. The van der Waals surface area contributed by atoms with Crippen molar-refractivity contribution in [2.24, 2.45) is 0 Å². The van der Waals surface area contributed by atoms with Gasteiger partial charge in [0.05, 0.1) is 16.9 Å². The van der Waals surface area contributed by atoms with Crippen LogP contribution in [0.2, 0.25) is 0 Å². The summed E-state index contributed by atoms with van der Waals surface area (Å²) in [4.78, 5) is 16.5. The third-order valence-corrected chi connectivity index (χ3v) is 3.06. The average molecular weight is 267 g/mol. The Labute approximate surface area is 115 Å². The van der Waals surface area contributed by atoms with Gasteiger partial charge in [0.25, 0.3) is 5.91 Å². The first kappa shape index (κ1) is 12.2. The number of pyridine rings is 1. The number of carbonyl (C=O) groups is 1. The third kappa shape index (κ3) is 2.07. The molecule has 1 aromatic carbocycles. The number of rotatable bonds is 2.